The summed E-state index contributed by atoms with van der Waals surface area (Å²) in [5.41, 5.74) is 3.60. The zero-order valence-electron chi connectivity index (χ0n) is 16.6. The molecule has 1 rings (SSSR count). The van der Waals surface area contributed by atoms with Gasteiger partial charge in [0, 0.05) is 38.9 Å². The van der Waals surface area contributed by atoms with Gasteiger partial charge in [-0.1, -0.05) is 56.2 Å². The number of allylic oxidation sites excluding steroid dienone is 7. The van der Waals surface area contributed by atoms with Gasteiger partial charge in [-0.05, 0) is 43.6 Å². The number of piperazine rings is 1. The average Bonchev–Trinajstić information content (AvgIpc) is 2.66. The lowest BCUT2D eigenvalue weighted by molar-refractivity contribution is 0.196. The standard InChI is InChI=1S/C23H33N3/c1-7-12-23(24-11-5)26-17-15-25(16-18-26)19-21(8-2)14-13-20(6)22(9-3)10-4/h7-14H,2-3,5,15-19H2,1,4,6H3/b12-7-,20-13+,21-14+,22-10+,24-23+. The summed E-state index contributed by atoms with van der Waals surface area (Å²) in [5.74, 6) is 0.989. The van der Waals surface area contributed by atoms with Crippen LogP contribution in [0.5, 0.6) is 0 Å². The molecule has 3 nitrogen and oxygen atoms in total. The number of aliphatic imine (C=N–C) groups is 1. The number of hydrogen-bond donors (Lipinski definition) is 0. The molecule has 1 aliphatic heterocycles. The Morgan fingerprint density at radius 3 is 2.19 bits per heavy atom. The van der Waals surface area contributed by atoms with E-state index in [9.17, 15) is 0 Å². The van der Waals surface area contributed by atoms with Crippen molar-refractivity contribution in [3.63, 3.8) is 0 Å². The van der Waals surface area contributed by atoms with E-state index in [0.717, 1.165) is 44.1 Å². The van der Waals surface area contributed by atoms with Gasteiger partial charge in [-0.25, -0.2) is 4.99 Å². The van der Waals surface area contributed by atoms with Gasteiger partial charge in [0.05, 0.1) is 0 Å². The third kappa shape index (κ3) is 6.85. The molecule has 0 amide bonds. The Kier molecular flexibility index (Phi) is 10.0. The van der Waals surface area contributed by atoms with Crippen LogP contribution in [0.15, 0.2) is 90.2 Å². The van der Waals surface area contributed by atoms with Crippen molar-refractivity contribution in [2.45, 2.75) is 20.8 Å². The van der Waals surface area contributed by atoms with Crippen LogP contribution in [0.1, 0.15) is 20.8 Å². The smallest absolute Gasteiger partial charge is 0.128 e. The molecule has 0 unspecified atom stereocenters. The van der Waals surface area contributed by atoms with Crippen LogP contribution < -0.4 is 0 Å². The maximum atomic E-state index is 4.37. The van der Waals surface area contributed by atoms with Crippen molar-refractivity contribution in [2.24, 2.45) is 4.99 Å². The highest BCUT2D eigenvalue weighted by Gasteiger charge is 2.18. The van der Waals surface area contributed by atoms with Crippen LogP contribution in [-0.2, 0) is 0 Å². The van der Waals surface area contributed by atoms with E-state index in [4.69, 9.17) is 0 Å². The first-order chi connectivity index (χ1) is 12.6. The SMILES string of the molecule is C=C/N=C(\C=C/C)N1CCN(C/C(C=C)=C/C=C(C)/C(C=C)=C/C)CC1. The molecular weight excluding hydrogens is 318 g/mol. The third-order valence-corrected chi connectivity index (χ3v) is 4.44. The largest absolute Gasteiger partial charge is 0.354 e. The zero-order chi connectivity index (χ0) is 19.4. The Labute approximate surface area is 159 Å². The van der Waals surface area contributed by atoms with Gasteiger partial charge in [-0.3, -0.25) is 4.90 Å². The van der Waals surface area contributed by atoms with Gasteiger partial charge in [0.2, 0.25) is 0 Å². The van der Waals surface area contributed by atoms with Gasteiger partial charge in [0.15, 0.2) is 0 Å². The molecule has 3 heteroatoms. The number of amidine groups is 1. The lowest BCUT2D eigenvalue weighted by atomic mass is 10.1. The molecule has 1 saturated heterocycles. The summed E-state index contributed by atoms with van der Waals surface area (Å²) in [6.07, 6.45) is 15.9. The summed E-state index contributed by atoms with van der Waals surface area (Å²) in [5, 5.41) is 0. The summed E-state index contributed by atoms with van der Waals surface area (Å²) in [4.78, 5) is 9.14. The first-order valence-electron chi connectivity index (χ1n) is 9.17. The average molecular weight is 352 g/mol. The van der Waals surface area contributed by atoms with Gasteiger partial charge in [-0.2, -0.15) is 0 Å². The molecule has 0 bridgehead atoms. The second kappa shape index (κ2) is 12.0. The fourth-order valence-corrected chi connectivity index (χ4v) is 2.89. The van der Waals surface area contributed by atoms with Gasteiger partial charge in [0.1, 0.15) is 5.84 Å². The quantitative estimate of drug-likeness (QED) is 0.351. The Bertz CT molecular complexity index is 636. The number of hydrogen-bond acceptors (Lipinski definition) is 2. The van der Waals surface area contributed by atoms with Crippen LogP contribution in [-0.4, -0.2) is 48.4 Å². The van der Waals surface area contributed by atoms with Crippen molar-refractivity contribution < 1.29 is 0 Å². The molecule has 1 fully saturated rings. The fourth-order valence-electron chi connectivity index (χ4n) is 2.89. The van der Waals surface area contributed by atoms with E-state index >= 15 is 0 Å². The van der Waals surface area contributed by atoms with Gasteiger partial charge in [-0.15, -0.1) is 0 Å². The predicted octanol–water partition coefficient (Wildman–Crippen LogP) is 4.91. The predicted molar refractivity (Wildman–Crippen MR) is 116 cm³/mol. The van der Waals surface area contributed by atoms with Gasteiger partial charge >= 0.3 is 0 Å². The number of nitrogens with zero attached hydrogens (tertiary/aromatic N) is 3. The van der Waals surface area contributed by atoms with Crippen LogP contribution >= 0.6 is 0 Å². The Balaban J connectivity index is 2.70. The highest BCUT2D eigenvalue weighted by molar-refractivity contribution is 5.93. The minimum Gasteiger partial charge on any atom is -0.354 e. The van der Waals surface area contributed by atoms with Gasteiger partial charge in [0.25, 0.3) is 0 Å². The van der Waals surface area contributed by atoms with E-state index in [1.54, 1.807) is 6.20 Å². The molecule has 140 valence electrons. The van der Waals surface area contributed by atoms with Gasteiger partial charge < -0.3 is 4.90 Å². The Hall–Kier alpha value is -2.39. The third-order valence-electron chi connectivity index (χ3n) is 4.44. The van der Waals surface area contributed by atoms with E-state index < -0.39 is 0 Å². The van der Waals surface area contributed by atoms with Crippen molar-refractivity contribution in [1.82, 2.24) is 9.80 Å². The summed E-state index contributed by atoms with van der Waals surface area (Å²) < 4.78 is 0. The molecule has 0 spiro atoms. The van der Waals surface area contributed by atoms with E-state index in [1.165, 1.54) is 11.1 Å². The minimum absolute atomic E-state index is 0.915. The topological polar surface area (TPSA) is 18.8 Å². The lowest BCUT2D eigenvalue weighted by Gasteiger charge is -2.36. The van der Waals surface area contributed by atoms with E-state index in [-0.39, 0.29) is 0 Å². The van der Waals surface area contributed by atoms with Crippen molar-refractivity contribution in [3.05, 3.63) is 85.2 Å². The summed E-state index contributed by atoms with van der Waals surface area (Å²) in [6, 6.07) is 0. The highest BCUT2D eigenvalue weighted by atomic mass is 15.3. The normalized spacial score (nSPS) is 18.3. The lowest BCUT2D eigenvalue weighted by Crippen LogP contribution is -2.48. The van der Waals surface area contributed by atoms with E-state index in [1.807, 2.05) is 38.2 Å². The van der Waals surface area contributed by atoms with Crippen LogP contribution in [0.4, 0.5) is 0 Å². The fraction of sp³-hybridized carbons (Fsp3) is 0.348. The molecule has 1 heterocycles. The molecule has 0 radical (unpaired) electrons. The Morgan fingerprint density at radius 2 is 1.69 bits per heavy atom. The molecule has 0 aromatic carbocycles. The van der Waals surface area contributed by atoms with Crippen molar-refractivity contribution in [3.8, 4) is 0 Å². The zero-order valence-corrected chi connectivity index (χ0v) is 16.6. The van der Waals surface area contributed by atoms with Crippen molar-refractivity contribution in [2.75, 3.05) is 32.7 Å². The molecular formula is C23H33N3. The minimum atomic E-state index is 0.915. The Morgan fingerprint density at radius 1 is 1.00 bits per heavy atom. The van der Waals surface area contributed by atoms with E-state index in [2.05, 4.69) is 59.7 Å². The first kappa shape index (κ1) is 21.7. The van der Waals surface area contributed by atoms with Crippen molar-refractivity contribution in [1.29, 1.82) is 0 Å². The van der Waals surface area contributed by atoms with E-state index in [0.29, 0.717) is 0 Å². The molecule has 0 aromatic heterocycles. The molecule has 0 saturated carbocycles. The molecule has 0 aliphatic carbocycles. The monoisotopic (exact) mass is 351 g/mol. The van der Waals surface area contributed by atoms with Crippen LogP contribution in [0.25, 0.3) is 0 Å². The number of rotatable bonds is 8. The summed E-state index contributed by atoms with van der Waals surface area (Å²) >= 11 is 0. The second-order valence-corrected chi connectivity index (χ2v) is 6.18. The van der Waals surface area contributed by atoms with Crippen molar-refractivity contribution >= 4 is 5.84 Å². The maximum Gasteiger partial charge on any atom is 0.128 e. The molecule has 0 atom stereocenters. The van der Waals surface area contributed by atoms with Crippen LogP contribution in [0.2, 0.25) is 0 Å². The van der Waals surface area contributed by atoms with Crippen LogP contribution in [0.3, 0.4) is 0 Å². The highest BCUT2D eigenvalue weighted by Crippen LogP contribution is 2.12. The summed E-state index contributed by atoms with van der Waals surface area (Å²) in [6.45, 7) is 22.6. The molecule has 26 heavy (non-hydrogen) atoms. The first-order valence-corrected chi connectivity index (χ1v) is 9.17. The van der Waals surface area contributed by atoms with Crippen LogP contribution in [0, 0.1) is 0 Å². The molecule has 0 aromatic rings. The molecule has 1 aliphatic rings. The summed E-state index contributed by atoms with van der Waals surface area (Å²) in [7, 11) is 0. The molecule has 0 N–H and O–H groups in total. The maximum absolute atomic E-state index is 4.37. The second-order valence-electron chi connectivity index (χ2n) is 6.18.